The Balaban J connectivity index is 1.24. The normalized spacial score (nSPS) is 11.5. The van der Waals surface area contributed by atoms with Gasteiger partial charge in [-0.1, -0.05) is 57.0 Å². The summed E-state index contributed by atoms with van der Waals surface area (Å²) in [5, 5.41) is 6.97. The summed E-state index contributed by atoms with van der Waals surface area (Å²) in [6.07, 6.45) is 12.5. The van der Waals surface area contributed by atoms with Crippen molar-refractivity contribution in [1.29, 1.82) is 0 Å². The number of pyridine rings is 1. The highest BCUT2D eigenvalue weighted by atomic mass is 19.1. The third kappa shape index (κ3) is 5.99. The van der Waals surface area contributed by atoms with Gasteiger partial charge in [-0.3, -0.25) is 4.57 Å². The van der Waals surface area contributed by atoms with Gasteiger partial charge < -0.3 is 4.74 Å². The zero-order chi connectivity index (χ0) is 33.2. The first kappa shape index (κ1) is 31.4. The molecule has 0 amide bonds. The van der Waals surface area contributed by atoms with Crippen LogP contribution >= 0.6 is 0 Å². The molecule has 0 unspecified atom stereocenters. The molecule has 4 aromatic carbocycles. The van der Waals surface area contributed by atoms with Gasteiger partial charge in [-0.25, -0.2) is 14.1 Å². The summed E-state index contributed by atoms with van der Waals surface area (Å²) in [5.74, 6) is 1.57. The number of aromatic nitrogens is 4. The van der Waals surface area contributed by atoms with Gasteiger partial charge in [-0.15, -0.1) is 0 Å². The predicted octanol–water partition coefficient (Wildman–Crippen LogP) is 11.3. The molecular weight excluding hydrogens is 595 g/mol. The molecule has 0 bridgehead atoms. The fraction of sp³-hybridized carbons (Fsp3) is 0.238. The van der Waals surface area contributed by atoms with Crippen molar-refractivity contribution in [2.75, 3.05) is 0 Å². The van der Waals surface area contributed by atoms with E-state index < -0.39 is 0 Å². The van der Waals surface area contributed by atoms with E-state index in [0.29, 0.717) is 17.3 Å². The minimum atomic E-state index is -0.330. The lowest BCUT2D eigenvalue weighted by atomic mass is 9.85. The number of hydrogen-bond donors (Lipinski definition) is 0. The molecule has 0 aliphatic rings. The molecule has 3 aromatic heterocycles. The van der Waals surface area contributed by atoms with Crippen molar-refractivity contribution in [3.05, 3.63) is 132 Å². The first-order chi connectivity index (χ1) is 23.4. The van der Waals surface area contributed by atoms with Crippen molar-refractivity contribution in [2.24, 2.45) is 0 Å². The maximum Gasteiger partial charge on any atom is 0.140 e. The number of para-hydroxylation sites is 1. The fourth-order valence-electron chi connectivity index (χ4n) is 6.97. The molecule has 0 aliphatic carbocycles. The maximum absolute atomic E-state index is 14.3. The van der Waals surface area contributed by atoms with Gasteiger partial charge in [0.05, 0.1) is 22.9 Å². The van der Waals surface area contributed by atoms with E-state index in [2.05, 4.69) is 63.1 Å². The van der Waals surface area contributed by atoms with Crippen LogP contribution in [0.1, 0.15) is 61.8 Å². The van der Waals surface area contributed by atoms with Gasteiger partial charge in [0.1, 0.15) is 23.1 Å². The van der Waals surface area contributed by atoms with Gasteiger partial charge in [-0.2, -0.15) is 5.10 Å². The van der Waals surface area contributed by atoms with Crippen LogP contribution in [0.5, 0.6) is 11.5 Å². The summed E-state index contributed by atoms with van der Waals surface area (Å²) in [7, 11) is 0. The van der Waals surface area contributed by atoms with Crippen molar-refractivity contribution >= 4 is 21.8 Å². The molecule has 0 saturated carbocycles. The van der Waals surface area contributed by atoms with E-state index in [0.717, 1.165) is 45.9 Å². The van der Waals surface area contributed by atoms with Gasteiger partial charge >= 0.3 is 0 Å². The standard InChI is InChI=1S/C42H41FN4O/c1-5-7-14-35-28(3)22-29(4)36(15-8-6-2)42(35)30-26-45-46(27-30)32-12-11-13-33(24-32)48-34-18-19-38-37-16-9-10-17-39(37)47(40(38)25-34)41-23-31(43)20-21-44-41/h9-13,16-27H,5-8,14-15H2,1-4H3. The average Bonchev–Trinajstić information content (AvgIpc) is 3.70. The number of ether oxygens (including phenoxy) is 1. The Morgan fingerprint density at radius 1 is 0.729 bits per heavy atom. The molecule has 5 nitrogen and oxygen atoms in total. The van der Waals surface area contributed by atoms with Crippen LogP contribution in [0.2, 0.25) is 0 Å². The Hall–Kier alpha value is -5.23. The van der Waals surface area contributed by atoms with Gasteiger partial charge in [0.2, 0.25) is 0 Å². The second-order valence-electron chi connectivity index (χ2n) is 12.7. The number of nitrogens with zero attached hydrogens (tertiary/aromatic N) is 4. The zero-order valence-electron chi connectivity index (χ0n) is 28.1. The molecule has 0 radical (unpaired) electrons. The molecule has 0 spiro atoms. The predicted molar refractivity (Wildman–Crippen MR) is 194 cm³/mol. The molecule has 7 rings (SSSR count). The van der Waals surface area contributed by atoms with E-state index in [9.17, 15) is 4.39 Å². The Morgan fingerprint density at radius 2 is 1.46 bits per heavy atom. The summed E-state index contributed by atoms with van der Waals surface area (Å²) in [6, 6.07) is 27.3. The van der Waals surface area contributed by atoms with E-state index in [4.69, 9.17) is 9.84 Å². The summed E-state index contributed by atoms with van der Waals surface area (Å²) < 4.78 is 24.7. The number of fused-ring (bicyclic) bond motifs is 3. The average molecular weight is 637 g/mol. The Labute approximate surface area is 281 Å². The van der Waals surface area contributed by atoms with E-state index >= 15 is 0 Å². The van der Waals surface area contributed by atoms with Gasteiger partial charge in [-0.05, 0) is 104 Å². The second kappa shape index (κ2) is 13.5. The molecule has 0 fully saturated rings. The van der Waals surface area contributed by atoms with Crippen LogP contribution in [0.15, 0.2) is 104 Å². The number of aryl methyl sites for hydroxylation is 2. The van der Waals surface area contributed by atoms with Crippen LogP contribution in [0.4, 0.5) is 4.39 Å². The van der Waals surface area contributed by atoms with Crippen LogP contribution in [-0.2, 0) is 12.8 Å². The third-order valence-corrected chi connectivity index (χ3v) is 9.32. The van der Waals surface area contributed by atoms with E-state index in [-0.39, 0.29) is 5.82 Å². The van der Waals surface area contributed by atoms with Crippen molar-refractivity contribution in [1.82, 2.24) is 19.3 Å². The molecular formula is C42H41FN4O. The van der Waals surface area contributed by atoms with Crippen LogP contribution in [-0.4, -0.2) is 19.3 Å². The van der Waals surface area contributed by atoms with E-state index in [1.807, 2.05) is 64.0 Å². The number of rotatable bonds is 11. The van der Waals surface area contributed by atoms with Gasteiger partial charge in [0.25, 0.3) is 0 Å². The molecule has 7 aromatic rings. The Morgan fingerprint density at radius 3 is 2.21 bits per heavy atom. The second-order valence-corrected chi connectivity index (χ2v) is 12.7. The summed E-state index contributed by atoms with van der Waals surface area (Å²) in [5.41, 5.74) is 10.9. The first-order valence-electron chi connectivity index (χ1n) is 17.1. The van der Waals surface area contributed by atoms with Crippen LogP contribution in [0, 0.1) is 19.7 Å². The van der Waals surface area contributed by atoms with Crippen LogP contribution in [0.3, 0.4) is 0 Å². The lowest BCUT2D eigenvalue weighted by molar-refractivity contribution is 0.483. The van der Waals surface area contributed by atoms with Crippen LogP contribution in [0.25, 0.3) is 44.4 Å². The van der Waals surface area contributed by atoms with Crippen LogP contribution < -0.4 is 4.74 Å². The molecule has 0 N–H and O–H groups in total. The molecule has 6 heteroatoms. The highest BCUT2D eigenvalue weighted by Gasteiger charge is 2.18. The Kier molecular flexibility index (Phi) is 8.81. The number of hydrogen-bond acceptors (Lipinski definition) is 3. The largest absolute Gasteiger partial charge is 0.457 e. The quantitative estimate of drug-likeness (QED) is 0.142. The lowest BCUT2D eigenvalue weighted by Crippen LogP contribution is -2.03. The molecule has 0 saturated heterocycles. The first-order valence-corrected chi connectivity index (χ1v) is 17.1. The fourth-order valence-corrected chi connectivity index (χ4v) is 6.97. The molecule has 3 heterocycles. The smallest absolute Gasteiger partial charge is 0.140 e. The number of benzene rings is 4. The monoisotopic (exact) mass is 636 g/mol. The minimum absolute atomic E-state index is 0.330. The summed E-state index contributed by atoms with van der Waals surface area (Å²) >= 11 is 0. The van der Waals surface area contributed by atoms with Crippen molar-refractivity contribution < 1.29 is 9.13 Å². The van der Waals surface area contributed by atoms with E-state index in [1.54, 1.807) is 0 Å². The van der Waals surface area contributed by atoms with Gasteiger partial charge in [0, 0.05) is 46.9 Å². The summed E-state index contributed by atoms with van der Waals surface area (Å²) in [6.45, 7) is 9.02. The van der Waals surface area contributed by atoms with Crippen molar-refractivity contribution in [3.63, 3.8) is 0 Å². The third-order valence-electron chi connectivity index (χ3n) is 9.32. The minimum Gasteiger partial charge on any atom is -0.457 e. The molecule has 48 heavy (non-hydrogen) atoms. The van der Waals surface area contributed by atoms with Gasteiger partial charge in [0.15, 0.2) is 0 Å². The topological polar surface area (TPSA) is 44.9 Å². The lowest BCUT2D eigenvalue weighted by Gasteiger charge is -2.19. The highest BCUT2D eigenvalue weighted by Crippen LogP contribution is 2.37. The summed E-state index contributed by atoms with van der Waals surface area (Å²) in [4.78, 5) is 4.49. The zero-order valence-corrected chi connectivity index (χ0v) is 28.1. The Bertz CT molecular complexity index is 2210. The maximum atomic E-state index is 14.3. The van der Waals surface area contributed by atoms with Crippen molar-refractivity contribution in [2.45, 2.75) is 66.2 Å². The molecule has 0 atom stereocenters. The molecule has 242 valence electrons. The van der Waals surface area contributed by atoms with Crippen molar-refractivity contribution in [3.8, 4) is 34.1 Å². The number of unbranched alkanes of at least 4 members (excludes halogenated alkanes) is 2. The number of halogens is 1. The molecule has 0 aliphatic heterocycles. The SMILES string of the molecule is CCCCc1c(C)cc(C)c(CCCC)c1-c1cnn(-c2cccc(Oc3ccc4c5ccccc5n(-c5cc(F)ccn5)c4c3)c2)c1. The highest BCUT2D eigenvalue weighted by molar-refractivity contribution is 6.09. The van der Waals surface area contributed by atoms with E-state index in [1.165, 1.54) is 71.8 Å².